The van der Waals surface area contributed by atoms with Crippen LogP contribution < -0.4 is 10.9 Å². The summed E-state index contributed by atoms with van der Waals surface area (Å²) >= 11 is 0. The Balaban J connectivity index is 4.29. The Bertz CT molecular complexity index is 219. The molecular weight excluding hydrogens is 196 g/mol. The minimum Gasteiger partial charge on any atom is -0.465 e. The van der Waals surface area contributed by atoms with E-state index in [1.807, 2.05) is 13.8 Å². The van der Waals surface area contributed by atoms with Crippen molar-refractivity contribution in [2.24, 2.45) is 5.92 Å². The van der Waals surface area contributed by atoms with Crippen LogP contribution in [-0.2, 0) is 14.3 Å². The highest BCUT2D eigenvalue weighted by Gasteiger charge is 2.25. The summed E-state index contributed by atoms with van der Waals surface area (Å²) in [6.07, 6.45) is 0.829. The maximum absolute atomic E-state index is 11.5. The van der Waals surface area contributed by atoms with Gasteiger partial charge in [0.05, 0.1) is 6.61 Å². The van der Waals surface area contributed by atoms with Gasteiger partial charge in [0.15, 0.2) is 0 Å². The molecule has 0 unspecified atom stereocenters. The highest BCUT2D eigenvalue weighted by Crippen LogP contribution is 2.08. The van der Waals surface area contributed by atoms with Crippen molar-refractivity contribution >= 4 is 11.9 Å². The molecule has 0 aliphatic rings. The van der Waals surface area contributed by atoms with Crippen LogP contribution in [-0.4, -0.2) is 24.5 Å². The van der Waals surface area contributed by atoms with Gasteiger partial charge >= 0.3 is 5.97 Å². The molecule has 2 N–H and O–H groups in total. The van der Waals surface area contributed by atoms with Crippen LogP contribution in [0.1, 0.15) is 34.1 Å². The summed E-state index contributed by atoms with van der Waals surface area (Å²) in [5, 5.41) is 0. The third kappa shape index (κ3) is 5.37. The number of hydrazine groups is 1. The van der Waals surface area contributed by atoms with E-state index in [4.69, 9.17) is 4.74 Å². The molecule has 0 aromatic carbocycles. The largest absolute Gasteiger partial charge is 0.465 e. The smallest absolute Gasteiger partial charge is 0.325 e. The summed E-state index contributed by atoms with van der Waals surface area (Å²) in [4.78, 5) is 22.2. The van der Waals surface area contributed by atoms with Crippen molar-refractivity contribution in [3.05, 3.63) is 0 Å². The molecule has 0 bridgehead atoms. The highest BCUT2D eigenvalue weighted by atomic mass is 16.5. The first-order valence-electron chi connectivity index (χ1n) is 5.21. The molecule has 0 aliphatic heterocycles. The van der Waals surface area contributed by atoms with Crippen molar-refractivity contribution in [2.75, 3.05) is 6.61 Å². The average molecular weight is 216 g/mol. The zero-order valence-electron chi connectivity index (χ0n) is 9.79. The van der Waals surface area contributed by atoms with Crippen LogP contribution in [0.2, 0.25) is 0 Å². The molecule has 0 saturated heterocycles. The Morgan fingerprint density at radius 3 is 2.33 bits per heavy atom. The Kier molecular flexibility index (Phi) is 6.70. The number of esters is 1. The molecule has 0 aromatic heterocycles. The summed E-state index contributed by atoms with van der Waals surface area (Å²) < 4.78 is 4.91. The molecule has 1 amide bonds. The zero-order chi connectivity index (χ0) is 11.8. The average Bonchev–Trinajstić information content (AvgIpc) is 2.17. The monoisotopic (exact) mass is 216 g/mol. The Morgan fingerprint density at radius 2 is 1.93 bits per heavy atom. The Morgan fingerprint density at radius 1 is 1.33 bits per heavy atom. The van der Waals surface area contributed by atoms with Crippen molar-refractivity contribution < 1.29 is 14.3 Å². The molecule has 0 radical (unpaired) electrons. The molecule has 0 aliphatic carbocycles. The van der Waals surface area contributed by atoms with Crippen LogP contribution in [0.4, 0.5) is 0 Å². The van der Waals surface area contributed by atoms with Crippen LogP contribution in [0.15, 0.2) is 0 Å². The van der Waals surface area contributed by atoms with Crippen molar-refractivity contribution in [2.45, 2.75) is 40.2 Å². The molecule has 0 heterocycles. The first-order valence-corrected chi connectivity index (χ1v) is 5.21. The van der Waals surface area contributed by atoms with E-state index in [0.29, 0.717) is 6.61 Å². The van der Waals surface area contributed by atoms with E-state index >= 15 is 0 Å². The second kappa shape index (κ2) is 7.23. The van der Waals surface area contributed by atoms with Crippen molar-refractivity contribution in [3.8, 4) is 0 Å². The van der Waals surface area contributed by atoms with E-state index in [-0.39, 0.29) is 17.8 Å². The lowest BCUT2D eigenvalue weighted by Crippen LogP contribution is -2.51. The Labute approximate surface area is 90.5 Å². The minimum absolute atomic E-state index is 0.107. The fourth-order valence-corrected chi connectivity index (χ4v) is 1.08. The summed E-state index contributed by atoms with van der Waals surface area (Å²) in [5.41, 5.74) is 5.09. The van der Waals surface area contributed by atoms with Crippen molar-refractivity contribution in [1.82, 2.24) is 10.9 Å². The van der Waals surface area contributed by atoms with Crippen LogP contribution in [0.3, 0.4) is 0 Å². The van der Waals surface area contributed by atoms with Gasteiger partial charge in [-0.1, -0.05) is 20.3 Å². The number of carbonyl (C=O) groups is 2. The van der Waals surface area contributed by atoms with Gasteiger partial charge in [-0.15, -0.1) is 0 Å². The maximum atomic E-state index is 11.5. The van der Waals surface area contributed by atoms with Gasteiger partial charge in [-0.05, 0) is 12.8 Å². The fraction of sp³-hybridized carbons (Fsp3) is 0.800. The highest BCUT2D eigenvalue weighted by molar-refractivity contribution is 5.77. The normalized spacial score (nSPS) is 14.1. The van der Waals surface area contributed by atoms with Crippen LogP contribution in [0.25, 0.3) is 0 Å². The maximum Gasteiger partial charge on any atom is 0.325 e. The van der Waals surface area contributed by atoms with Gasteiger partial charge in [0.1, 0.15) is 6.04 Å². The molecular formula is C10H20N2O3. The second-order valence-corrected chi connectivity index (χ2v) is 3.44. The number of hydrogen-bond acceptors (Lipinski definition) is 4. The number of rotatable bonds is 6. The predicted molar refractivity (Wildman–Crippen MR) is 56.8 cm³/mol. The molecule has 88 valence electrons. The van der Waals surface area contributed by atoms with Crippen molar-refractivity contribution in [3.63, 3.8) is 0 Å². The SMILES string of the molecule is CCOC(=O)[C@@H](NNC(C)=O)[C@@H](C)CC. The van der Waals surface area contributed by atoms with Gasteiger partial charge < -0.3 is 4.74 Å². The van der Waals surface area contributed by atoms with Crippen molar-refractivity contribution in [1.29, 1.82) is 0 Å². The number of amides is 1. The standard InChI is InChI=1S/C10H20N2O3/c1-5-7(3)9(10(14)15-6-2)12-11-8(4)13/h7,9,12H,5-6H2,1-4H3,(H,11,13)/t7-,9-/m0/s1. The molecule has 5 heteroatoms. The molecule has 0 saturated carbocycles. The van der Waals surface area contributed by atoms with Gasteiger partial charge in [0.2, 0.25) is 5.91 Å². The van der Waals surface area contributed by atoms with E-state index in [0.717, 1.165) is 6.42 Å². The molecule has 0 fully saturated rings. The number of nitrogens with one attached hydrogen (secondary N) is 2. The van der Waals surface area contributed by atoms with Gasteiger partial charge in [0.25, 0.3) is 0 Å². The molecule has 2 atom stereocenters. The number of ether oxygens (including phenoxy) is 1. The second-order valence-electron chi connectivity index (χ2n) is 3.44. The lowest BCUT2D eigenvalue weighted by atomic mass is 10.00. The minimum atomic E-state index is -0.487. The topological polar surface area (TPSA) is 67.4 Å². The van der Waals surface area contributed by atoms with Crippen LogP contribution in [0.5, 0.6) is 0 Å². The molecule has 0 aromatic rings. The van der Waals surface area contributed by atoms with E-state index < -0.39 is 6.04 Å². The summed E-state index contributed by atoms with van der Waals surface area (Å²) in [7, 11) is 0. The Hall–Kier alpha value is -1.10. The van der Waals surface area contributed by atoms with Gasteiger partial charge in [-0.2, -0.15) is 0 Å². The molecule has 0 rings (SSSR count). The van der Waals surface area contributed by atoms with Gasteiger partial charge in [0, 0.05) is 6.92 Å². The quantitative estimate of drug-likeness (QED) is 0.504. The lowest BCUT2D eigenvalue weighted by molar-refractivity contribution is -0.147. The molecule has 5 nitrogen and oxygen atoms in total. The van der Waals surface area contributed by atoms with Gasteiger partial charge in [-0.3, -0.25) is 15.0 Å². The van der Waals surface area contributed by atoms with Crippen LogP contribution >= 0.6 is 0 Å². The molecule has 0 spiro atoms. The predicted octanol–water partition coefficient (Wildman–Crippen LogP) is 0.605. The first-order chi connectivity index (χ1) is 7.02. The number of hydrogen-bond donors (Lipinski definition) is 2. The third-order valence-corrected chi connectivity index (χ3v) is 2.16. The van der Waals surface area contributed by atoms with E-state index in [2.05, 4.69) is 10.9 Å². The summed E-state index contributed by atoms with van der Waals surface area (Å²) in [6.45, 7) is 7.38. The zero-order valence-corrected chi connectivity index (χ0v) is 9.79. The summed E-state index contributed by atoms with van der Waals surface area (Å²) in [5.74, 6) is -0.455. The fourth-order valence-electron chi connectivity index (χ4n) is 1.08. The van der Waals surface area contributed by atoms with E-state index in [9.17, 15) is 9.59 Å². The van der Waals surface area contributed by atoms with E-state index in [1.54, 1.807) is 6.92 Å². The van der Waals surface area contributed by atoms with E-state index in [1.165, 1.54) is 6.92 Å². The van der Waals surface area contributed by atoms with Gasteiger partial charge in [-0.25, -0.2) is 5.43 Å². The molecule has 15 heavy (non-hydrogen) atoms. The summed E-state index contributed by atoms with van der Waals surface area (Å²) in [6, 6.07) is -0.487. The first kappa shape index (κ1) is 13.9. The van der Waals surface area contributed by atoms with Crippen LogP contribution in [0, 0.1) is 5.92 Å². The lowest BCUT2D eigenvalue weighted by Gasteiger charge is -2.22. The third-order valence-electron chi connectivity index (χ3n) is 2.16. The number of carbonyl (C=O) groups excluding carboxylic acids is 2.